The van der Waals surface area contributed by atoms with Crippen LogP contribution in [0.1, 0.15) is 12.1 Å². The van der Waals surface area contributed by atoms with Gasteiger partial charge in [0.15, 0.2) is 0 Å². The molecule has 0 radical (unpaired) electrons. The average molecular weight is 180 g/mol. The summed E-state index contributed by atoms with van der Waals surface area (Å²) in [4.78, 5) is 0. The first-order chi connectivity index (χ1) is 6.34. The van der Waals surface area contributed by atoms with Crippen LogP contribution in [0.25, 0.3) is 0 Å². The van der Waals surface area contributed by atoms with E-state index in [0.29, 0.717) is 6.04 Å². The number of aryl methyl sites for hydroxylation is 1. The monoisotopic (exact) mass is 180 g/mol. The summed E-state index contributed by atoms with van der Waals surface area (Å²) >= 11 is 0. The summed E-state index contributed by atoms with van der Waals surface area (Å²) in [7, 11) is 1.95. The van der Waals surface area contributed by atoms with Crippen LogP contribution in [0, 0.1) is 0 Å². The second kappa shape index (κ2) is 3.89. The summed E-state index contributed by atoms with van der Waals surface area (Å²) in [5.74, 6) is 0. The van der Waals surface area contributed by atoms with Gasteiger partial charge in [-0.2, -0.15) is 5.10 Å². The van der Waals surface area contributed by atoms with Crippen molar-refractivity contribution in [3.8, 4) is 0 Å². The van der Waals surface area contributed by atoms with Crippen LogP contribution in [-0.4, -0.2) is 28.9 Å². The smallest absolute Gasteiger partial charge is 0.0762 e. The van der Waals surface area contributed by atoms with Crippen molar-refractivity contribution < 1.29 is 0 Å². The molecule has 13 heavy (non-hydrogen) atoms. The quantitative estimate of drug-likeness (QED) is 0.681. The van der Waals surface area contributed by atoms with E-state index >= 15 is 0 Å². The molecule has 4 heteroatoms. The van der Waals surface area contributed by atoms with Crippen LogP contribution in [0.3, 0.4) is 0 Å². The summed E-state index contributed by atoms with van der Waals surface area (Å²) in [5, 5.41) is 11.1. The van der Waals surface area contributed by atoms with E-state index in [1.54, 1.807) is 0 Å². The Bertz CT molecular complexity index is 262. The van der Waals surface area contributed by atoms with Crippen molar-refractivity contribution in [3.05, 3.63) is 18.0 Å². The second-order valence-electron chi connectivity index (χ2n) is 3.55. The first-order valence-corrected chi connectivity index (χ1v) is 4.77. The minimum absolute atomic E-state index is 0.627. The lowest BCUT2D eigenvalue weighted by molar-refractivity contribution is 0.537. The number of hydrogen-bond donors (Lipinski definition) is 2. The molecule has 1 aliphatic heterocycles. The first-order valence-electron chi connectivity index (χ1n) is 4.77. The van der Waals surface area contributed by atoms with Crippen LogP contribution in [-0.2, 0) is 13.6 Å². The molecule has 0 amide bonds. The van der Waals surface area contributed by atoms with E-state index in [9.17, 15) is 0 Å². The van der Waals surface area contributed by atoms with E-state index in [4.69, 9.17) is 0 Å². The number of aromatic nitrogens is 2. The van der Waals surface area contributed by atoms with Gasteiger partial charge in [0.1, 0.15) is 0 Å². The molecule has 0 bridgehead atoms. The van der Waals surface area contributed by atoms with E-state index < -0.39 is 0 Å². The van der Waals surface area contributed by atoms with Gasteiger partial charge in [-0.3, -0.25) is 4.68 Å². The summed E-state index contributed by atoms with van der Waals surface area (Å²) in [6, 6.07) is 2.68. The lowest BCUT2D eigenvalue weighted by atomic mass is 10.2. The minimum Gasteiger partial charge on any atom is -0.315 e. The van der Waals surface area contributed by atoms with Crippen molar-refractivity contribution in [1.29, 1.82) is 0 Å². The zero-order chi connectivity index (χ0) is 9.10. The van der Waals surface area contributed by atoms with Crippen molar-refractivity contribution in [2.75, 3.05) is 13.1 Å². The number of nitrogens with zero attached hydrogens (tertiary/aromatic N) is 2. The zero-order valence-electron chi connectivity index (χ0n) is 7.95. The lowest BCUT2D eigenvalue weighted by Gasteiger charge is -2.08. The average Bonchev–Trinajstić information content (AvgIpc) is 2.71. The molecule has 2 heterocycles. The second-order valence-corrected chi connectivity index (χ2v) is 3.55. The Kier molecular flexibility index (Phi) is 2.61. The maximum Gasteiger partial charge on any atom is 0.0762 e. The Labute approximate surface area is 78.3 Å². The molecular formula is C9H16N4. The van der Waals surface area contributed by atoms with Gasteiger partial charge in [-0.1, -0.05) is 0 Å². The SMILES string of the molecule is Cn1ccc(CNC2CCNC2)n1. The van der Waals surface area contributed by atoms with Gasteiger partial charge in [-0.25, -0.2) is 0 Å². The molecule has 1 aromatic heterocycles. The molecule has 1 atom stereocenters. The molecule has 1 saturated heterocycles. The fraction of sp³-hybridized carbons (Fsp3) is 0.667. The first kappa shape index (κ1) is 8.72. The van der Waals surface area contributed by atoms with Crippen LogP contribution in [0.4, 0.5) is 0 Å². The van der Waals surface area contributed by atoms with Gasteiger partial charge in [0.05, 0.1) is 5.69 Å². The normalized spacial score (nSPS) is 22.4. The summed E-state index contributed by atoms with van der Waals surface area (Å²) in [6.45, 7) is 3.11. The van der Waals surface area contributed by atoms with Gasteiger partial charge in [0.25, 0.3) is 0 Å². The largest absolute Gasteiger partial charge is 0.315 e. The Morgan fingerprint density at radius 1 is 1.77 bits per heavy atom. The molecule has 72 valence electrons. The number of hydrogen-bond acceptors (Lipinski definition) is 3. The molecule has 1 aliphatic rings. The van der Waals surface area contributed by atoms with Crippen LogP contribution < -0.4 is 10.6 Å². The molecule has 2 N–H and O–H groups in total. The van der Waals surface area contributed by atoms with Crippen molar-refractivity contribution >= 4 is 0 Å². The standard InChI is InChI=1S/C9H16N4/c1-13-5-3-9(12-13)7-11-8-2-4-10-6-8/h3,5,8,10-11H,2,4,6-7H2,1H3. The highest BCUT2D eigenvalue weighted by Crippen LogP contribution is 1.99. The van der Waals surface area contributed by atoms with Crippen LogP contribution in [0.2, 0.25) is 0 Å². The molecule has 4 nitrogen and oxygen atoms in total. The molecule has 0 aromatic carbocycles. The summed E-state index contributed by atoms with van der Waals surface area (Å²) in [6.07, 6.45) is 3.21. The van der Waals surface area contributed by atoms with Gasteiger partial charge in [-0.15, -0.1) is 0 Å². The van der Waals surface area contributed by atoms with Crippen LogP contribution in [0.15, 0.2) is 12.3 Å². The fourth-order valence-electron chi connectivity index (χ4n) is 1.64. The predicted octanol–water partition coefficient (Wildman–Crippen LogP) is -0.128. The van der Waals surface area contributed by atoms with Gasteiger partial charge in [0, 0.05) is 32.4 Å². The fourth-order valence-corrected chi connectivity index (χ4v) is 1.64. The van der Waals surface area contributed by atoms with Gasteiger partial charge in [0.2, 0.25) is 0 Å². The summed E-state index contributed by atoms with van der Waals surface area (Å²) in [5.41, 5.74) is 1.12. The third-order valence-electron chi connectivity index (χ3n) is 2.40. The lowest BCUT2D eigenvalue weighted by Crippen LogP contribution is -2.30. The third-order valence-corrected chi connectivity index (χ3v) is 2.40. The highest BCUT2D eigenvalue weighted by Gasteiger charge is 2.13. The van der Waals surface area contributed by atoms with Gasteiger partial charge in [-0.05, 0) is 19.0 Å². The molecular weight excluding hydrogens is 164 g/mol. The molecule has 1 unspecified atom stereocenters. The van der Waals surface area contributed by atoms with Gasteiger partial charge < -0.3 is 10.6 Å². The van der Waals surface area contributed by atoms with E-state index in [0.717, 1.165) is 25.3 Å². The van der Waals surface area contributed by atoms with Crippen molar-refractivity contribution in [1.82, 2.24) is 20.4 Å². The van der Waals surface area contributed by atoms with Gasteiger partial charge >= 0.3 is 0 Å². The highest BCUT2D eigenvalue weighted by atomic mass is 15.3. The Hall–Kier alpha value is -0.870. The third kappa shape index (κ3) is 2.29. The zero-order valence-corrected chi connectivity index (χ0v) is 7.95. The van der Waals surface area contributed by atoms with E-state index in [1.807, 2.05) is 17.9 Å². The van der Waals surface area contributed by atoms with Crippen molar-refractivity contribution in [3.63, 3.8) is 0 Å². The van der Waals surface area contributed by atoms with Crippen molar-refractivity contribution in [2.45, 2.75) is 19.0 Å². The van der Waals surface area contributed by atoms with Crippen LogP contribution >= 0.6 is 0 Å². The molecule has 0 aliphatic carbocycles. The number of rotatable bonds is 3. The van der Waals surface area contributed by atoms with E-state index in [1.165, 1.54) is 6.42 Å². The Morgan fingerprint density at radius 2 is 2.69 bits per heavy atom. The van der Waals surface area contributed by atoms with E-state index in [-0.39, 0.29) is 0 Å². The maximum atomic E-state index is 4.31. The topological polar surface area (TPSA) is 41.9 Å². The number of nitrogens with one attached hydrogen (secondary N) is 2. The van der Waals surface area contributed by atoms with Crippen LogP contribution in [0.5, 0.6) is 0 Å². The van der Waals surface area contributed by atoms with E-state index in [2.05, 4.69) is 21.8 Å². The Morgan fingerprint density at radius 3 is 3.31 bits per heavy atom. The minimum atomic E-state index is 0.627. The maximum absolute atomic E-state index is 4.31. The molecule has 1 fully saturated rings. The molecule has 1 aromatic rings. The predicted molar refractivity (Wildman–Crippen MR) is 51.3 cm³/mol. The molecule has 2 rings (SSSR count). The van der Waals surface area contributed by atoms with Crippen molar-refractivity contribution in [2.24, 2.45) is 7.05 Å². The molecule has 0 spiro atoms. The molecule has 0 saturated carbocycles. The highest BCUT2D eigenvalue weighted by molar-refractivity contribution is 4.98. The Balaban J connectivity index is 1.78. The summed E-state index contributed by atoms with van der Waals surface area (Å²) < 4.78 is 1.84.